The van der Waals surface area contributed by atoms with Gasteiger partial charge in [0.05, 0.1) is 18.6 Å². The zero-order chi connectivity index (χ0) is 13.1. The molecule has 1 aliphatic heterocycles. The number of benzene rings is 1. The molecule has 1 aromatic rings. The van der Waals surface area contributed by atoms with Crippen molar-refractivity contribution in [2.24, 2.45) is 5.92 Å². The van der Waals surface area contributed by atoms with Crippen LogP contribution in [0, 0.1) is 17.2 Å². The van der Waals surface area contributed by atoms with Crippen LogP contribution in [0.3, 0.4) is 0 Å². The molecule has 0 bridgehead atoms. The molecule has 19 heavy (non-hydrogen) atoms. The lowest BCUT2D eigenvalue weighted by atomic mass is 9.84. The van der Waals surface area contributed by atoms with E-state index in [9.17, 15) is 5.26 Å². The highest BCUT2D eigenvalue weighted by atomic mass is 16.5. The van der Waals surface area contributed by atoms with E-state index in [-0.39, 0.29) is 5.92 Å². The topological polar surface area (TPSA) is 45.0 Å². The quantitative estimate of drug-likeness (QED) is 0.884. The van der Waals surface area contributed by atoms with E-state index in [1.54, 1.807) is 0 Å². The van der Waals surface area contributed by atoms with Crippen molar-refractivity contribution < 1.29 is 4.74 Å². The van der Waals surface area contributed by atoms with E-state index in [4.69, 9.17) is 4.74 Å². The Morgan fingerprint density at radius 1 is 1.16 bits per heavy atom. The van der Waals surface area contributed by atoms with Gasteiger partial charge in [0.25, 0.3) is 0 Å². The number of hydrogen-bond donors (Lipinski definition) is 1. The SMILES string of the molecule is N#CC1CCCCC1NC1CCOc2ccccc21. The van der Waals surface area contributed by atoms with Crippen LogP contribution in [0.2, 0.25) is 0 Å². The summed E-state index contributed by atoms with van der Waals surface area (Å²) in [5, 5.41) is 13.0. The Labute approximate surface area is 114 Å². The van der Waals surface area contributed by atoms with Crippen molar-refractivity contribution in [1.82, 2.24) is 5.32 Å². The molecule has 1 N–H and O–H groups in total. The highest BCUT2D eigenvalue weighted by Crippen LogP contribution is 2.34. The summed E-state index contributed by atoms with van der Waals surface area (Å²) < 4.78 is 5.69. The van der Waals surface area contributed by atoms with E-state index in [0.717, 1.165) is 31.6 Å². The van der Waals surface area contributed by atoms with Crippen LogP contribution in [0.5, 0.6) is 5.75 Å². The van der Waals surface area contributed by atoms with Crippen LogP contribution in [-0.4, -0.2) is 12.6 Å². The summed E-state index contributed by atoms with van der Waals surface area (Å²) in [6.07, 6.45) is 5.59. The maximum atomic E-state index is 9.27. The van der Waals surface area contributed by atoms with E-state index >= 15 is 0 Å². The van der Waals surface area contributed by atoms with Gasteiger partial charge in [-0.3, -0.25) is 0 Å². The second-order valence-electron chi connectivity index (χ2n) is 5.52. The van der Waals surface area contributed by atoms with Gasteiger partial charge < -0.3 is 10.1 Å². The first-order chi connectivity index (χ1) is 9.38. The lowest BCUT2D eigenvalue weighted by Crippen LogP contribution is -2.41. The molecule has 1 saturated carbocycles. The molecule has 1 heterocycles. The third kappa shape index (κ3) is 2.59. The fraction of sp³-hybridized carbons (Fsp3) is 0.562. The van der Waals surface area contributed by atoms with Crippen LogP contribution in [0.1, 0.15) is 43.7 Å². The van der Waals surface area contributed by atoms with Crippen molar-refractivity contribution in [3.63, 3.8) is 0 Å². The molecule has 0 saturated heterocycles. The number of nitriles is 1. The molecule has 0 amide bonds. The number of rotatable bonds is 2. The molecule has 0 aromatic heterocycles. The minimum atomic E-state index is 0.170. The Morgan fingerprint density at radius 3 is 2.89 bits per heavy atom. The van der Waals surface area contributed by atoms with Gasteiger partial charge in [-0.1, -0.05) is 31.0 Å². The Hall–Kier alpha value is -1.53. The number of hydrogen-bond acceptors (Lipinski definition) is 3. The number of fused-ring (bicyclic) bond motifs is 1. The van der Waals surface area contributed by atoms with Gasteiger partial charge in [0.1, 0.15) is 5.75 Å². The van der Waals surface area contributed by atoms with Crippen LogP contribution in [0.4, 0.5) is 0 Å². The second-order valence-corrected chi connectivity index (χ2v) is 5.52. The van der Waals surface area contributed by atoms with Gasteiger partial charge in [0.2, 0.25) is 0 Å². The number of para-hydroxylation sites is 1. The van der Waals surface area contributed by atoms with Crippen molar-refractivity contribution in [3.05, 3.63) is 29.8 Å². The molecule has 0 spiro atoms. The van der Waals surface area contributed by atoms with Crippen LogP contribution in [-0.2, 0) is 0 Å². The van der Waals surface area contributed by atoms with Gasteiger partial charge in [-0.15, -0.1) is 0 Å². The Balaban J connectivity index is 1.75. The lowest BCUT2D eigenvalue weighted by molar-refractivity contribution is 0.219. The van der Waals surface area contributed by atoms with Gasteiger partial charge >= 0.3 is 0 Å². The zero-order valence-corrected chi connectivity index (χ0v) is 11.1. The van der Waals surface area contributed by atoms with Crippen LogP contribution in [0.25, 0.3) is 0 Å². The first-order valence-electron chi connectivity index (χ1n) is 7.26. The normalized spacial score (nSPS) is 29.9. The van der Waals surface area contributed by atoms with Gasteiger partial charge in [-0.2, -0.15) is 5.26 Å². The van der Waals surface area contributed by atoms with E-state index in [2.05, 4.69) is 23.5 Å². The third-order valence-corrected chi connectivity index (χ3v) is 4.31. The molecule has 3 atom stereocenters. The van der Waals surface area contributed by atoms with E-state index in [1.165, 1.54) is 18.4 Å². The molecule has 100 valence electrons. The van der Waals surface area contributed by atoms with Crippen molar-refractivity contribution in [2.75, 3.05) is 6.61 Å². The predicted octanol–water partition coefficient (Wildman–Crippen LogP) is 3.18. The standard InChI is InChI=1S/C16H20N2O/c17-11-12-5-1-3-7-14(12)18-15-9-10-19-16-8-4-2-6-13(15)16/h2,4,6,8,12,14-15,18H,1,3,5,7,9-10H2. The fourth-order valence-electron chi connectivity index (χ4n) is 3.26. The van der Waals surface area contributed by atoms with Crippen molar-refractivity contribution in [1.29, 1.82) is 5.26 Å². The first-order valence-corrected chi connectivity index (χ1v) is 7.26. The predicted molar refractivity (Wildman–Crippen MR) is 73.8 cm³/mol. The van der Waals surface area contributed by atoms with Crippen molar-refractivity contribution >= 4 is 0 Å². The second kappa shape index (κ2) is 5.63. The first kappa shape index (κ1) is 12.5. The zero-order valence-electron chi connectivity index (χ0n) is 11.1. The highest BCUT2D eigenvalue weighted by Gasteiger charge is 2.29. The minimum Gasteiger partial charge on any atom is -0.493 e. The molecule has 1 fully saturated rings. The maximum absolute atomic E-state index is 9.27. The van der Waals surface area contributed by atoms with E-state index < -0.39 is 0 Å². The molecule has 0 radical (unpaired) electrons. The molecule has 3 heteroatoms. The monoisotopic (exact) mass is 256 g/mol. The molecule has 1 aliphatic carbocycles. The van der Waals surface area contributed by atoms with Crippen molar-refractivity contribution in [2.45, 2.75) is 44.2 Å². The van der Waals surface area contributed by atoms with Gasteiger partial charge in [0.15, 0.2) is 0 Å². The third-order valence-electron chi connectivity index (χ3n) is 4.31. The van der Waals surface area contributed by atoms with Gasteiger partial charge in [-0.05, 0) is 18.9 Å². The van der Waals surface area contributed by atoms with Gasteiger partial charge in [0, 0.05) is 24.1 Å². The number of nitrogens with zero attached hydrogens (tertiary/aromatic N) is 1. The summed E-state index contributed by atoms with van der Waals surface area (Å²) in [6.45, 7) is 0.763. The fourth-order valence-corrected chi connectivity index (χ4v) is 3.26. The number of ether oxygens (including phenoxy) is 1. The van der Waals surface area contributed by atoms with E-state index in [0.29, 0.717) is 12.1 Å². The molecule has 3 nitrogen and oxygen atoms in total. The number of nitrogens with one attached hydrogen (secondary N) is 1. The summed E-state index contributed by atoms with van der Waals surface area (Å²) in [7, 11) is 0. The lowest BCUT2D eigenvalue weighted by Gasteiger charge is -2.34. The summed E-state index contributed by atoms with van der Waals surface area (Å²) in [4.78, 5) is 0. The maximum Gasteiger partial charge on any atom is 0.124 e. The summed E-state index contributed by atoms with van der Waals surface area (Å²) in [5.74, 6) is 1.17. The van der Waals surface area contributed by atoms with Crippen LogP contribution in [0.15, 0.2) is 24.3 Å². The average molecular weight is 256 g/mol. The molecule has 3 rings (SSSR count). The molecule has 2 aliphatic rings. The molecule has 3 unspecified atom stereocenters. The summed E-state index contributed by atoms with van der Waals surface area (Å²) in [5.41, 5.74) is 1.25. The smallest absolute Gasteiger partial charge is 0.124 e. The summed E-state index contributed by atoms with van der Waals surface area (Å²) >= 11 is 0. The Morgan fingerprint density at radius 2 is 2.00 bits per heavy atom. The summed E-state index contributed by atoms with van der Waals surface area (Å²) in [6, 6.07) is 11.4. The van der Waals surface area contributed by atoms with Crippen LogP contribution < -0.4 is 10.1 Å². The average Bonchev–Trinajstić information content (AvgIpc) is 2.48. The Kier molecular flexibility index (Phi) is 3.70. The highest BCUT2D eigenvalue weighted by molar-refractivity contribution is 5.37. The molecule has 1 aromatic carbocycles. The minimum absolute atomic E-state index is 0.170. The van der Waals surface area contributed by atoms with Crippen LogP contribution >= 0.6 is 0 Å². The Bertz CT molecular complexity index is 480. The molecular formula is C16H20N2O. The van der Waals surface area contributed by atoms with Crippen molar-refractivity contribution in [3.8, 4) is 11.8 Å². The molecular weight excluding hydrogens is 236 g/mol. The largest absolute Gasteiger partial charge is 0.493 e. The van der Waals surface area contributed by atoms with E-state index in [1.807, 2.05) is 12.1 Å². The van der Waals surface area contributed by atoms with Gasteiger partial charge in [-0.25, -0.2) is 0 Å².